The van der Waals surface area contributed by atoms with Crippen LogP contribution in [0, 0.1) is 0 Å². The van der Waals surface area contributed by atoms with Gasteiger partial charge in [0.2, 0.25) is 0 Å². The average molecular weight is 409 g/mol. The Morgan fingerprint density at radius 1 is 0.581 bits per heavy atom. The van der Waals surface area contributed by atoms with Crippen molar-refractivity contribution in [1.82, 2.24) is 0 Å². The van der Waals surface area contributed by atoms with E-state index < -0.39 is 0 Å². The molecule has 4 aromatic carbocycles. The minimum atomic E-state index is -0.280. The number of rotatable bonds is 8. The summed E-state index contributed by atoms with van der Waals surface area (Å²) >= 11 is 0. The highest BCUT2D eigenvalue weighted by molar-refractivity contribution is 6.08. The Morgan fingerprint density at radius 2 is 1.03 bits per heavy atom. The van der Waals surface area contributed by atoms with Crippen LogP contribution in [0.1, 0.15) is 21.5 Å². The monoisotopic (exact) mass is 409 g/mol. The van der Waals surface area contributed by atoms with Crippen molar-refractivity contribution in [2.45, 2.75) is 13.2 Å². The Kier molecular flexibility index (Phi) is 6.61. The molecule has 0 unspecified atom stereocenters. The van der Waals surface area contributed by atoms with Crippen molar-refractivity contribution < 1.29 is 14.3 Å². The number of carbonyl (C=O) groups excluding carboxylic acids is 1. The molecule has 1 N–H and O–H groups in total. The summed E-state index contributed by atoms with van der Waals surface area (Å²) in [5.41, 5.74) is 3.12. The third-order valence-corrected chi connectivity index (χ3v) is 4.72. The zero-order chi connectivity index (χ0) is 21.3. The molecule has 0 heterocycles. The predicted molar refractivity (Wildman–Crippen MR) is 122 cm³/mol. The van der Waals surface area contributed by atoms with Crippen LogP contribution in [0.15, 0.2) is 109 Å². The molecule has 4 heteroatoms. The molecule has 0 fully saturated rings. The van der Waals surface area contributed by atoms with Crippen LogP contribution in [0.4, 0.5) is 5.69 Å². The number of hydrogen-bond donors (Lipinski definition) is 1. The van der Waals surface area contributed by atoms with Crippen LogP contribution in [-0.2, 0) is 13.2 Å². The van der Waals surface area contributed by atoms with E-state index in [0.717, 1.165) is 11.1 Å². The first-order valence-corrected chi connectivity index (χ1v) is 10.1. The molecule has 0 saturated heterocycles. The number of anilines is 1. The quantitative estimate of drug-likeness (QED) is 0.383. The minimum absolute atomic E-state index is 0.280. The van der Waals surface area contributed by atoms with E-state index in [0.29, 0.717) is 36.0 Å². The number of ether oxygens (including phenoxy) is 2. The van der Waals surface area contributed by atoms with E-state index in [1.807, 2.05) is 97.1 Å². The van der Waals surface area contributed by atoms with E-state index >= 15 is 0 Å². The summed E-state index contributed by atoms with van der Waals surface area (Å²) in [6.45, 7) is 0.711. The van der Waals surface area contributed by atoms with Crippen LogP contribution in [0.5, 0.6) is 11.5 Å². The molecule has 0 saturated carbocycles. The van der Waals surface area contributed by atoms with Gasteiger partial charge in [-0.25, -0.2) is 0 Å². The lowest BCUT2D eigenvalue weighted by molar-refractivity contribution is 0.101. The van der Waals surface area contributed by atoms with Gasteiger partial charge in [-0.05, 0) is 35.4 Å². The number of nitrogens with one attached hydrogen (secondary N) is 1. The Morgan fingerprint density at radius 3 is 1.52 bits per heavy atom. The van der Waals surface area contributed by atoms with Gasteiger partial charge in [0.15, 0.2) is 0 Å². The van der Waals surface area contributed by atoms with Crippen molar-refractivity contribution in [3.8, 4) is 11.5 Å². The maximum absolute atomic E-state index is 13.2. The van der Waals surface area contributed by atoms with Crippen LogP contribution in [-0.4, -0.2) is 5.91 Å². The van der Waals surface area contributed by atoms with Gasteiger partial charge in [0.1, 0.15) is 30.3 Å². The van der Waals surface area contributed by atoms with Gasteiger partial charge in [0.05, 0.1) is 0 Å². The molecule has 0 atom stereocenters. The molecule has 0 aromatic heterocycles. The maximum atomic E-state index is 13.2. The van der Waals surface area contributed by atoms with E-state index in [9.17, 15) is 4.79 Å². The second kappa shape index (κ2) is 10.1. The maximum Gasteiger partial charge on any atom is 0.263 e. The molecule has 4 rings (SSSR count). The molecule has 4 aromatic rings. The highest BCUT2D eigenvalue weighted by Gasteiger charge is 2.19. The predicted octanol–water partition coefficient (Wildman–Crippen LogP) is 6.10. The lowest BCUT2D eigenvalue weighted by atomic mass is 10.1. The standard InChI is InChI=1S/C27H23NO3/c29-27(28-23-15-8-3-9-16-23)26-24(30-19-21-11-4-1-5-12-21)17-10-18-25(26)31-20-22-13-6-2-7-14-22/h1-18H,19-20H2,(H,28,29). The van der Waals surface area contributed by atoms with Gasteiger partial charge in [-0.2, -0.15) is 0 Å². The molecule has 0 radical (unpaired) electrons. The summed E-state index contributed by atoms with van der Waals surface area (Å²) in [5.74, 6) is 0.670. The zero-order valence-corrected chi connectivity index (χ0v) is 17.0. The van der Waals surface area contributed by atoms with Crippen molar-refractivity contribution in [2.24, 2.45) is 0 Å². The molecule has 1 amide bonds. The molecule has 0 aliphatic rings. The van der Waals surface area contributed by atoms with Crippen molar-refractivity contribution in [3.63, 3.8) is 0 Å². The van der Waals surface area contributed by atoms with Crippen molar-refractivity contribution in [3.05, 3.63) is 126 Å². The highest BCUT2D eigenvalue weighted by atomic mass is 16.5. The Balaban J connectivity index is 1.60. The van der Waals surface area contributed by atoms with E-state index in [-0.39, 0.29) is 5.91 Å². The molecule has 0 spiro atoms. The molecular weight excluding hydrogens is 386 g/mol. The molecule has 4 nitrogen and oxygen atoms in total. The van der Waals surface area contributed by atoms with Gasteiger partial charge in [-0.15, -0.1) is 0 Å². The van der Waals surface area contributed by atoms with Crippen LogP contribution in [0.2, 0.25) is 0 Å². The number of para-hydroxylation sites is 1. The average Bonchev–Trinajstić information content (AvgIpc) is 2.83. The summed E-state index contributed by atoms with van der Waals surface area (Å²) in [6.07, 6.45) is 0. The van der Waals surface area contributed by atoms with Crippen LogP contribution < -0.4 is 14.8 Å². The zero-order valence-electron chi connectivity index (χ0n) is 17.0. The Hall–Kier alpha value is -4.05. The van der Waals surface area contributed by atoms with E-state index in [1.54, 1.807) is 12.1 Å². The minimum Gasteiger partial charge on any atom is -0.488 e. The lowest BCUT2D eigenvalue weighted by Gasteiger charge is -2.16. The van der Waals surface area contributed by atoms with Crippen LogP contribution >= 0.6 is 0 Å². The molecule has 154 valence electrons. The largest absolute Gasteiger partial charge is 0.488 e. The van der Waals surface area contributed by atoms with Crippen molar-refractivity contribution in [1.29, 1.82) is 0 Å². The van der Waals surface area contributed by atoms with Gasteiger partial charge in [0.25, 0.3) is 5.91 Å². The van der Waals surface area contributed by atoms with Gasteiger partial charge < -0.3 is 14.8 Å². The fourth-order valence-electron chi connectivity index (χ4n) is 3.16. The number of benzene rings is 4. The summed E-state index contributed by atoms with van der Waals surface area (Å²) in [5, 5.41) is 2.94. The van der Waals surface area contributed by atoms with Gasteiger partial charge in [0, 0.05) is 5.69 Å². The topological polar surface area (TPSA) is 47.6 Å². The van der Waals surface area contributed by atoms with E-state index in [2.05, 4.69) is 5.32 Å². The molecule has 31 heavy (non-hydrogen) atoms. The smallest absolute Gasteiger partial charge is 0.263 e. The molecule has 0 bridgehead atoms. The first-order chi connectivity index (χ1) is 15.3. The van der Waals surface area contributed by atoms with Gasteiger partial charge >= 0.3 is 0 Å². The fourth-order valence-corrected chi connectivity index (χ4v) is 3.16. The Labute approximate surface area is 182 Å². The third kappa shape index (κ3) is 5.52. The summed E-state index contributed by atoms with van der Waals surface area (Å²) in [6, 6.07) is 34.5. The van der Waals surface area contributed by atoms with Crippen molar-refractivity contribution >= 4 is 11.6 Å². The first kappa shape index (κ1) is 20.2. The lowest BCUT2D eigenvalue weighted by Crippen LogP contribution is -2.15. The second-order valence-electron chi connectivity index (χ2n) is 7.00. The summed E-state index contributed by atoms with van der Waals surface area (Å²) in [4.78, 5) is 13.2. The van der Waals surface area contributed by atoms with E-state index in [1.165, 1.54) is 0 Å². The number of carbonyl (C=O) groups is 1. The van der Waals surface area contributed by atoms with Gasteiger partial charge in [-0.1, -0.05) is 84.9 Å². The first-order valence-electron chi connectivity index (χ1n) is 10.1. The fraction of sp³-hybridized carbons (Fsp3) is 0.0741. The van der Waals surface area contributed by atoms with Crippen LogP contribution in [0.25, 0.3) is 0 Å². The molecular formula is C27H23NO3. The SMILES string of the molecule is O=C(Nc1ccccc1)c1c(OCc2ccccc2)cccc1OCc1ccccc1. The summed E-state index contributed by atoms with van der Waals surface area (Å²) in [7, 11) is 0. The second-order valence-corrected chi connectivity index (χ2v) is 7.00. The number of amides is 1. The number of hydrogen-bond acceptors (Lipinski definition) is 3. The summed E-state index contributed by atoms with van der Waals surface area (Å²) < 4.78 is 12.1. The molecule has 0 aliphatic heterocycles. The highest BCUT2D eigenvalue weighted by Crippen LogP contribution is 2.31. The molecule has 0 aliphatic carbocycles. The van der Waals surface area contributed by atoms with Gasteiger partial charge in [-0.3, -0.25) is 4.79 Å². The Bertz CT molecular complexity index is 1050. The normalized spacial score (nSPS) is 10.3. The van der Waals surface area contributed by atoms with Crippen LogP contribution in [0.3, 0.4) is 0 Å². The van der Waals surface area contributed by atoms with Crippen molar-refractivity contribution in [2.75, 3.05) is 5.32 Å². The third-order valence-electron chi connectivity index (χ3n) is 4.72. The van der Waals surface area contributed by atoms with E-state index in [4.69, 9.17) is 9.47 Å².